The van der Waals surface area contributed by atoms with Crippen LogP contribution in [0, 0.1) is 0 Å². The van der Waals surface area contributed by atoms with Gasteiger partial charge in [-0.1, -0.05) is 13.8 Å². The summed E-state index contributed by atoms with van der Waals surface area (Å²) >= 11 is 0. The van der Waals surface area contributed by atoms with E-state index in [0.29, 0.717) is 18.3 Å². The average molecular weight is 252 g/mol. The zero-order valence-corrected chi connectivity index (χ0v) is 9.67. The summed E-state index contributed by atoms with van der Waals surface area (Å²) in [5, 5.41) is 3.10. The lowest BCUT2D eigenvalue weighted by Gasteiger charge is -2.05. The van der Waals surface area contributed by atoms with Gasteiger partial charge in [0.2, 0.25) is 0 Å². The lowest BCUT2D eigenvalue weighted by Crippen LogP contribution is -2.21. The van der Waals surface area contributed by atoms with Crippen molar-refractivity contribution in [2.75, 3.05) is 6.61 Å². The molecule has 0 spiro atoms. The van der Waals surface area contributed by atoms with Crippen LogP contribution in [0.1, 0.15) is 26.0 Å². The van der Waals surface area contributed by atoms with Crippen molar-refractivity contribution in [3.63, 3.8) is 0 Å². The minimum atomic E-state index is -4.23. The van der Waals surface area contributed by atoms with Gasteiger partial charge in [-0.05, 0) is 0 Å². The summed E-state index contributed by atoms with van der Waals surface area (Å²) < 4.78 is 45.1. The Kier molecular flexibility index (Phi) is 4.80. The molecule has 0 atom stereocenters. The first-order chi connectivity index (χ1) is 7.87. The number of hydrogen-bond donors (Lipinski definition) is 1. The van der Waals surface area contributed by atoms with Crippen molar-refractivity contribution < 1.29 is 22.3 Å². The van der Waals surface area contributed by atoms with Crippen LogP contribution in [0.15, 0.2) is 10.7 Å². The van der Waals surface area contributed by atoms with E-state index in [1.807, 2.05) is 13.8 Å². The van der Waals surface area contributed by atoms with E-state index < -0.39 is 19.2 Å². The van der Waals surface area contributed by atoms with Gasteiger partial charge >= 0.3 is 12.3 Å². The second-order valence-electron chi connectivity index (χ2n) is 3.85. The molecule has 1 heterocycles. The van der Waals surface area contributed by atoms with Gasteiger partial charge in [0.05, 0.1) is 12.1 Å². The number of hydrogen-bond acceptors (Lipinski definition) is 4. The fourth-order valence-electron chi connectivity index (χ4n) is 0.999. The second kappa shape index (κ2) is 5.90. The van der Waals surface area contributed by atoms with Crippen LogP contribution in [-0.2, 0) is 6.54 Å². The van der Waals surface area contributed by atoms with Gasteiger partial charge in [0.1, 0.15) is 12.9 Å². The molecule has 0 bridgehead atoms. The van der Waals surface area contributed by atoms with Crippen LogP contribution < -0.4 is 10.1 Å². The SMILES string of the molecule is CC(C)NCc1coc(OCCC(F)(F)F)n1. The molecular formula is C10H15F3N2O2. The summed E-state index contributed by atoms with van der Waals surface area (Å²) in [5.74, 6) is 0. The van der Waals surface area contributed by atoms with Crippen LogP contribution in [0.2, 0.25) is 0 Å². The first-order valence-electron chi connectivity index (χ1n) is 5.24. The highest BCUT2D eigenvalue weighted by molar-refractivity contribution is 4.99. The lowest BCUT2D eigenvalue weighted by molar-refractivity contribution is -0.140. The molecule has 0 aromatic carbocycles. The molecule has 7 heteroatoms. The molecule has 17 heavy (non-hydrogen) atoms. The highest BCUT2D eigenvalue weighted by Crippen LogP contribution is 2.20. The predicted molar refractivity (Wildman–Crippen MR) is 54.6 cm³/mol. The fraction of sp³-hybridized carbons (Fsp3) is 0.700. The fourth-order valence-corrected chi connectivity index (χ4v) is 0.999. The Hall–Kier alpha value is -1.24. The molecule has 0 saturated heterocycles. The highest BCUT2D eigenvalue weighted by Gasteiger charge is 2.27. The Morgan fingerprint density at radius 2 is 2.18 bits per heavy atom. The quantitative estimate of drug-likeness (QED) is 0.845. The van der Waals surface area contributed by atoms with Crippen LogP contribution in [0.5, 0.6) is 6.08 Å². The third kappa shape index (κ3) is 6.15. The summed E-state index contributed by atoms with van der Waals surface area (Å²) in [4.78, 5) is 3.88. The van der Waals surface area contributed by atoms with Gasteiger partial charge in [-0.2, -0.15) is 18.2 Å². The van der Waals surface area contributed by atoms with E-state index >= 15 is 0 Å². The van der Waals surface area contributed by atoms with Crippen molar-refractivity contribution >= 4 is 0 Å². The Morgan fingerprint density at radius 1 is 1.47 bits per heavy atom. The number of alkyl halides is 3. The Bertz CT molecular complexity index is 337. The van der Waals surface area contributed by atoms with Gasteiger partial charge in [0.15, 0.2) is 0 Å². The smallest absolute Gasteiger partial charge is 0.393 e. The number of rotatable bonds is 6. The molecule has 1 aromatic rings. The third-order valence-electron chi connectivity index (χ3n) is 1.83. The van der Waals surface area contributed by atoms with Crippen LogP contribution >= 0.6 is 0 Å². The van der Waals surface area contributed by atoms with Gasteiger partial charge in [0, 0.05) is 12.6 Å². The van der Waals surface area contributed by atoms with E-state index in [0.717, 1.165) is 0 Å². The van der Waals surface area contributed by atoms with Crippen LogP contribution in [0.4, 0.5) is 13.2 Å². The average Bonchev–Trinajstić information content (AvgIpc) is 2.61. The zero-order chi connectivity index (χ0) is 12.9. The molecule has 0 radical (unpaired) electrons. The molecule has 98 valence electrons. The van der Waals surface area contributed by atoms with Crippen LogP contribution in [0.3, 0.4) is 0 Å². The van der Waals surface area contributed by atoms with Crippen molar-refractivity contribution in [3.05, 3.63) is 12.0 Å². The molecule has 1 N–H and O–H groups in total. The summed E-state index contributed by atoms with van der Waals surface area (Å²) in [6.45, 7) is 3.95. The molecule has 4 nitrogen and oxygen atoms in total. The largest absolute Gasteiger partial charge is 0.450 e. The molecular weight excluding hydrogens is 237 g/mol. The van der Waals surface area contributed by atoms with E-state index in [1.54, 1.807) is 0 Å². The zero-order valence-electron chi connectivity index (χ0n) is 9.67. The second-order valence-corrected chi connectivity index (χ2v) is 3.85. The Labute approximate surface area is 97.2 Å². The highest BCUT2D eigenvalue weighted by atomic mass is 19.4. The normalized spacial score (nSPS) is 12.1. The standard InChI is InChI=1S/C10H15F3N2O2/c1-7(2)14-5-8-6-17-9(15-8)16-4-3-10(11,12)13/h6-7,14H,3-5H2,1-2H3. The van der Waals surface area contributed by atoms with Crippen LogP contribution in [-0.4, -0.2) is 23.8 Å². The number of ether oxygens (including phenoxy) is 1. The topological polar surface area (TPSA) is 47.3 Å². The van der Waals surface area contributed by atoms with E-state index in [1.165, 1.54) is 6.26 Å². The molecule has 0 aliphatic rings. The van der Waals surface area contributed by atoms with E-state index in [-0.39, 0.29) is 6.08 Å². The van der Waals surface area contributed by atoms with Crippen LogP contribution in [0.25, 0.3) is 0 Å². The monoisotopic (exact) mass is 252 g/mol. The number of nitrogens with zero attached hydrogens (tertiary/aromatic N) is 1. The summed E-state index contributed by atoms with van der Waals surface area (Å²) in [7, 11) is 0. The van der Waals surface area contributed by atoms with Gasteiger partial charge in [0.25, 0.3) is 0 Å². The first-order valence-corrected chi connectivity index (χ1v) is 5.24. The van der Waals surface area contributed by atoms with Crippen molar-refractivity contribution in [3.8, 4) is 6.08 Å². The minimum absolute atomic E-state index is 0.130. The Morgan fingerprint density at radius 3 is 2.76 bits per heavy atom. The molecule has 0 saturated carbocycles. The van der Waals surface area contributed by atoms with Gasteiger partial charge in [-0.3, -0.25) is 0 Å². The number of nitrogens with one attached hydrogen (secondary N) is 1. The van der Waals surface area contributed by atoms with E-state index in [9.17, 15) is 13.2 Å². The van der Waals surface area contributed by atoms with Crippen molar-refractivity contribution in [2.24, 2.45) is 0 Å². The molecule has 0 aliphatic carbocycles. The number of aromatic nitrogens is 1. The minimum Gasteiger partial charge on any atom is -0.450 e. The van der Waals surface area contributed by atoms with Crippen molar-refractivity contribution in [1.82, 2.24) is 10.3 Å². The van der Waals surface area contributed by atoms with Crippen molar-refractivity contribution in [1.29, 1.82) is 0 Å². The Balaban J connectivity index is 2.31. The van der Waals surface area contributed by atoms with E-state index in [2.05, 4.69) is 10.3 Å². The number of oxazole rings is 1. The van der Waals surface area contributed by atoms with Gasteiger partial charge in [-0.15, -0.1) is 0 Å². The maximum absolute atomic E-state index is 11.8. The lowest BCUT2D eigenvalue weighted by atomic mass is 10.4. The molecule has 0 unspecified atom stereocenters. The summed E-state index contributed by atoms with van der Waals surface area (Å²) in [6.07, 6.45) is -4.02. The summed E-state index contributed by atoms with van der Waals surface area (Å²) in [5.41, 5.74) is 0.598. The molecule has 1 aromatic heterocycles. The van der Waals surface area contributed by atoms with Gasteiger partial charge < -0.3 is 14.5 Å². The predicted octanol–water partition coefficient (Wildman–Crippen LogP) is 2.50. The third-order valence-corrected chi connectivity index (χ3v) is 1.83. The van der Waals surface area contributed by atoms with Crippen molar-refractivity contribution in [2.45, 2.75) is 39.0 Å². The maximum Gasteiger partial charge on any atom is 0.393 e. The molecule has 0 amide bonds. The summed E-state index contributed by atoms with van der Waals surface area (Å²) in [6, 6.07) is 0.293. The maximum atomic E-state index is 11.8. The van der Waals surface area contributed by atoms with Gasteiger partial charge in [-0.25, -0.2) is 0 Å². The molecule has 0 fully saturated rings. The molecule has 1 rings (SSSR count). The molecule has 0 aliphatic heterocycles. The van der Waals surface area contributed by atoms with E-state index in [4.69, 9.17) is 9.15 Å². The first kappa shape index (κ1) is 13.8. The number of halogens is 3.